The molecule has 1 atom stereocenters. The molecule has 1 aliphatic heterocycles. The van der Waals surface area contributed by atoms with E-state index in [1.165, 1.54) is 4.68 Å². The molecule has 0 bridgehead atoms. The summed E-state index contributed by atoms with van der Waals surface area (Å²) in [5.41, 5.74) is 1.22. The van der Waals surface area contributed by atoms with Gasteiger partial charge in [0.05, 0.1) is 16.5 Å². The number of pyridine rings is 1. The van der Waals surface area contributed by atoms with Gasteiger partial charge in [0, 0.05) is 31.5 Å². The lowest BCUT2D eigenvalue weighted by atomic mass is 10.0. The van der Waals surface area contributed by atoms with Crippen molar-refractivity contribution in [1.82, 2.24) is 19.7 Å². The van der Waals surface area contributed by atoms with Gasteiger partial charge < -0.3 is 4.90 Å². The van der Waals surface area contributed by atoms with Crippen LogP contribution in [0.2, 0.25) is 0 Å². The Morgan fingerprint density at radius 1 is 1.19 bits per heavy atom. The smallest absolute Gasteiger partial charge is 0.267 e. The van der Waals surface area contributed by atoms with Crippen LogP contribution in [0.15, 0.2) is 59.0 Å². The third-order valence-corrected chi connectivity index (χ3v) is 5.43. The summed E-state index contributed by atoms with van der Waals surface area (Å²) in [6.07, 6.45) is 4.90. The van der Waals surface area contributed by atoms with E-state index >= 15 is 0 Å². The molecule has 0 aromatic carbocycles. The molecule has 7 heteroatoms. The molecule has 0 unspecified atom stereocenters. The second kappa shape index (κ2) is 7.21. The predicted molar refractivity (Wildman–Crippen MR) is 100 cm³/mol. The fourth-order valence-corrected chi connectivity index (χ4v) is 3.94. The van der Waals surface area contributed by atoms with Crippen molar-refractivity contribution >= 4 is 17.2 Å². The number of carbonyl (C=O) groups is 1. The minimum absolute atomic E-state index is 0.0507. The number of hydrogen-bond acceptors (Lipinski definition) is 5. The maximum absolute atomic E-state index is 12.7. The second-order valence-electron chi connectivity index (χ2n) is 6.27. The zero-order valence-electron chi connectivity index (χ0n) is 14.1. The Morgan fingerprint density at radius 2 is 2.12 bits per heavy atom. The lowest BCUT2D eigenvalue weighted by Crippen LogP contribution is -2.43. The van der Waals surface area contributed by atoms with Gasteiger partial charge in [-0.3, -0.25) is 14.6 Å². The van der Waals surface area contributed by atoms with Gasteiger partial charge in [-0.1, -0.05) is 6.07 Å². The molecule has 0 N–H and O–H groups in total. The average molecular weight is 366 g/mol. The maximum atomic E-state index is 12.7. The maximum Gasteiger partial charge on any atom is 0.267 e. The molecular formula is C19H18N4O2S. The Kier molecular flexibility index (Phi) is 4.62. The predicted octanol–water partition coefficient (Wildman–Crippen LogP) is 2.84. The van der Waals surface area contributed by atoms with Crippen molar-refractivity contribution in [1.29, 1.82) is 0 Å². The number of rotatable bonds is 3. The molecule has 0 aliphatic carbocycles. The van der Waals surface area contributed by atoms with Crippen LogP contribution in [0.5, 0.6) is 0 Å². The van der Waals surface area contributed by atoms with Crippen molar-refractivity contribution in [2.24, 2.45) is 0 Å². The van der Waals surface area contributed by atoms with Gasteiger partial charge in [-0.15, -0.1) is 11.3 Å². The molecule has 4 heterocycles. The standard InChI is InChI=1S/C19H18N4O2S/c24-18-8-7-16(17-6-3-11-26-17)21-23(18)15-5-2-10-22(13-15)19(25)14-4-1-9-20-12-14/h1,3-4,6-9,11-12,15H,2,5,10,13H2/t15-/m0/s1. The molecule has 132 valence electrons. The SMILES string of the molecule is O=C(c1cccnc1)N1CCC[C@H](n2nc(-c3cccs3)ccc2=O)C1. The third-order valence-electron chi connectivity index (χ3n) is 4.54. The molecule has 0 radical (unpaired) electrons. The molecule has 1 aliphatic rings. The average Bonchev–Trinajstić information content (AvgIpc) is 3.23. The highest BCUT2D eigenvalue weighted by atomic mass is 32.1. The summed E-state index contributed by atoms with van der Waals surface area (Å²) in [6, 6.07) is 10.7. The van der Waals surface area contributed by atoms with Gasteiger partial charge in [-0.2, -0.15) is 5.10 Å². The number of aromatic nitrogens is 3. The van der Waals surface area contributed by atoms with E-state index in [1.807, 2.05) is 17.5 Å². The van der Waals surface area contributed by atoms with Gasteiger partial charge in [0.15, 0.2) is 0 Å². The first-order valence-electron chi connectivity index (χ1n) is 8.55. The number of nitrogens with zero attached hydrogens (tertiary/aromatic N) is 4. The molecule has 3 aromatic rings. The number of likely N-dealkylation sites (tertiary alicyclic amines) is 1. The van der Waals surface area contributed by atoms with Crippen molar-refractivity contribution in [2.75, 3.05) is 13.1 Å². The molecule has 1 saturated heterocycles. The van der Waals surface area contributed by atoms with Crippen LogP contribution < -0.4 is 5.56 Å². The molecular weight excluding hydrogens is 348 g/mol. The quantitative estimate of drug-likeness (QED) is 0.715. The van der Waals surface area contributed by atoms with Crippen molar-refractivity contribution < 1.29 is 4.79 Å². The highest BCUT2D eigenvalue weighted by Crippen LogP contribution is 2.24. The summed E-state index contributed by atoms with van der Waals surface area (Å²) in [4.78, 5) is 31.9. The van der Waals surface area contributed by atoms with Crippen LogP contribution in [0.1, 0.15) is 29.2 Å². The minimum Gasteiger partial charge on any atom is -0.336 e. The van der Waals surface area contributed by atoms with Crippen molar-refractivity contribution in [3.05, 3.63) is 70.1 Å². The van der Waals surface area contributed by atoms with E-state index in [-0.39, 0.29) is 17.5 Å². The largest absolute Gasteiger partial charge is 0.336 e. The molecule has 1 amide bonds. The summed E-state index contributed by atoms with van der Waals surface area (Å²) >= 11 is 1.59. The van der Waals surface area contributed by atoms with E-state index < -0.39 is 0 Å². The third kappa shape index (κ3) is 3.30. The molecule has 6 nitrogen and oxygen atoms in total. The van der Waals surface area contributed by atoms with E-state index in [4.69, 9.17) is 0 Å². The number of piperidine rings is 1. The first kappa shape index (κ1) is 16.7. The highest BCUT2D eigenvalue weighted by Gasteiger charge is 2.27. The second-order valence-corrected chi connectivity index (χ2v) is 7.22. The van der Waals surface area contributed by atoms with Crippen LogP contribution in [-0.4, -0.2) is 38.7 Å². The minimum atomic E-state index is -0.133. The van der Waals surface area contributed by atoms with Crippen LogP contribution in [0.25, 0.3) is 10.6 Å². The van der Waals surface area contributed by atoms with Crippen LogP contribution in [-0.2, 0) is 0 Å². The number of amides is 1. The van der Waals surface area contributed by atoms with Gasteiger partial charge in [0.2, 0.25) is 0 Å². The lowest BCUT2D eigenvalue weighted by Gasteiger charge is -2.33. The zero-order valence-corrected chi connectivity index (χ0v) is 14.9. The molecule has 0 saturated carbocycles. The first-order chi connectivity index (χ1) is 12.7. The number of hydrogen-bond donors (Lipinski definition) is 0. The Labute approximate surface area is 154 Å². The van der Waals surface area contributed by atoms with Crippen molar-refractivity contribution in [3.8, 4) is 10.6 Å². The van der Waals surface area contributed by atoms with Crippen LogP contribution in [0, 0.1) is 0 Å². The van der Waals surface area contributed by atoms with E-state index in [0.29, 0.717) is 18.7 Å². The van der Waals surface area contributed by atoms with E-state index in [0.717, 1.165) is 23.4 Å². The van der Waals surface area contributed by atoms with Crippen LogP contribution in [0.4, 0.5) is 0 Å². The summed E-state index contributed by atoms with van der Waals surface area (Å²) in [5.74, 6) is -0.0507. The molecule has 1 fully saturated rings. The lowest BCUT2D eigenvalue weighted by molar-refractivity contribution is 0.0669. The number of thiophene rings is 1. The normalized spacial score (nSPS) is 17.2. The molecule has 3 aromatic heterocycles. The molecule has 26 heavy (non-hydrogen) atoms. The Hall–Kier alpha value is -2.80. The van der Waals surface area contributed by atoms with E-state index in [2.05, 4.69) is 10.1 Å². The van der Waals surface area contributed by atoms with E-state index in [9.17, 15) is 9.59 Å². The Morgan fingerprint density at radius 3 is 2.88 bits per heavy atom. The van der Waals surface area contributed by atoms with Gasteiger partial charge >= 0.3 is 0 Å². The van der Waals surface area contributed by atoms with Crippen LogP contribution >= 0.6 is 11.3 Å². The first-order valence-corrected chi connectivity index (χ1v) is 9.43. The number of carbonyl (C=O) groups excluding carboxylic acids is 1. The van der Waals surface area contributed by atoms with E-state index in [1.54, 1.807) is 52.9 Å². The van der Waals surface area contributed by atoms with Gasteiger partial charge in [-0.05, 0) is 42.5 Å². The van der Waals surface area contributed by atoms with Crippen molar-refractivity contribution in [2.45, 2.75) is 18.9 Å². The fourth-order valence-electron chi connectivity index (χ4n) is 3.25. The Balaban J connectivity index is 1.59. The summed E-state index contributed by atoms with van der Waals surface area (Å²) < 4.78 is 1.54. The fraction of sp³-hybridized carbons (Fsp3) is 0.263. The summed E-state index contributed by atoms with van der Waals surface area (Å²) in [6.45, 7) is 1.16. The van der Waals surface area contributed by atoms with Crippen molar-refractivity contribution in [3.63, 3.8) is 0 Å². The summed E-state index contributed by atoms with van der Waals surface area (Å²) in [7, 11) is 0. The van der Waals surface area contributed by atoms with Gasteiger partial charge in [0.1, 0.15) is 5.69 Å². The highest BCUT2D eigenvalue weighted by molar-refractivity contribution is 7.13. The summed E-state index contributed by atoms with van der Waals surface area (Å²) in [5, 5.41) is 6.56. The van der Waals surface area contributed by atoms with Crippen LogP contribution in [0.3, 0.4) is 0 Å². The molecule has 0 spiro atoms. The monoisotopic (exact) mass is 366 g/mol. The van der Waals surface area contributed by atoms with Gasteiger partial charge in [-0.25, -0.2) is 4.68 Å². The zero-order chi connectivity index (χ0) is 17.9. The Bertz CT molecular complexity index is 953. The topological polar surface area (TPSA) is 68.1 Å². The molecule has 4 rings (SSSR count). The van der Waals surface area contributed by atoms with Gasteiger partial charge in [0.25, 0.3) is 11.5 Å².